The van der Waals surface area contributed by atoms with Crippen LogP contribution in [0.2, 0.25) is 0 Å². The highest BCUT2D eigenvalue weighted by Crippen LogP contribution is 2.33. The van der Waals surface area contributed by atoms with Gasteiger partial charge in [-0.1, -0.05) is 0 Å². The average molecular weight is 464 g/mol. The molecule has 0 fully saturated rings. The molecule has 0 heterocycles. The number of hydrogen-bond donors (Lipinski definition) is 2. The largest absolute Gasteiger partial charge is 0.479 e. The molecular weight excluding hydrogens is 447 g/mol. The standard InChI is InChI=1S/C20H17FN2O10/c1-10(24)32-16-7-14(15(21)8-17(16)33-11(2)25)18(19(26)27)22-20(28)31-9-12-3-5-13(6-4-12)23(29)30/h3-8,18H,9H2,1-2H3,(H,22,28)(H,26,27). The molecule has 2 aromatic carbocycles. The highest BCUT2D eigenvalue weighted by Gasteiger charge is 2.28. The van der Waals surface area contributed by atoms with Crippen LogP contribution >= 0.6 is 0 Å². The molecule has 0 bridgehead atoms. The fourth-order valence-electron chi connectivity index (χ4n) is 2.54. The third kappa shape index (κ3) is 6.99. The number of non-ortho nitro benzene ring substituents is 1. The quantitative estimate of drug-likeness (QED) is 0.256. The summed E-state index contributed by atoms with van der Waals surface area (Å²) in [5.74, 6) is -5.47. The number of benzene rings is 2. The van der Waals surface area contributed by atoms with Crippen LogP contribution in [0, 0.1) is 15.9 Å². The molecule has 13 heteroatoms. The second-order valence-electron chi connectivity index (χ2n) is 6.42. The summed E-state index contributed by atoms with van der Waals surface area (Å²) in [5, 5.41) is 22.1. The number of halogens is 1. The van der Waals surface area contributed by atoms with E-state index in [0.29, 0.717) is 11.6 Å². The molecule has 1 amide bonds. The van der Waals surface area contributed by atoms with Gasteiger partial charge in [-0.2, -0.15) is 0 Å². The van der Waals surface area contributed by atoms with Crippen molar-refractivity contribution in [1.29, 1.82) is 0 Å². The van der Waals surface area contributed by atoms with Crippen LogP contribution in [-0.2, 0) is 25.7 Å². The first-order valence-electron chi connectivity index (χ1n) is 9.07. The Hall–Kier alpha value is -4.55. The monoisotopic (exact) mass is 464 g/mol. The number of ether oxygens (including phenoxy) is 3. The van der Waals surface area contributed by atoms with E-state index >= 15 is 0 Å². The van der Waals surface area contributed by atoms with Crippen molar-refractivity contribution in [2.24, 2.45) is 0 Å². The summed E-state index contributed by atoms with van der Waals surface area (Å²) in [6.45, 7) is 1.68. The van der Waals surface area contributed by atoms with E-state index in [1.807, 2.05) is 5.32 Å². The van der Waals surface area contributed by atoms with E-state index in [0.717, 1.165) is 19.9 Å². The number of alkyl carbamates (subject to hydrolysis) is 1. The van der Waals surface area contributed by atoms with Crippen LogP contribution in [-0.4, -0.2) is 34.0 Å². The second-order valence-corrected chi connectivity index (χ2v) is 6.42. The molecule has 0 aliphatic carbocycles. The van der Waals surface area contributed by atoms with E-state index < -0.39 is 57.8 Å². The summed E-state index contributed by atoms with van der Waals surface area (Å²) in [5.41, 5.74) is -0.413. The van der Waals surface area contributed by atoms with Crippen molar-refractivity contribution in [3.63, 3.8) is 0 Å². The summed E-state index contributed by atoms with van der Waals surface area (Å²) in [6, 6.07) is 4.51. The van der Waals surface area contributed by atoms with E-state index in [2.05, 4.69) is 0 Å². The highest BCUT2D eigenvalue weighted by atomic mass is 19.1. The summed E-state index contributed by atoms with van der Waals surface area (Å²) in [4.78, 5) is 56.3. The Bertz CT molecular complexity index is 1100. The van der Waals surface area contributed by atoms with Gasteiger partial charge >= 0.3 is 24.0 Å². The minimum atomic E-state index is -1.96. The zero-order chi connectivity index (χ0) is 24.7. The lowest BCUT2D eigenvalue weighted by Gasteiger charge is -2.18. The Morgan fingerprint density at radius 3 is 2.09 bits per heavy atom. The number of hydrogen-bond acceptors (Lipinski definition) is 9. The van der Waals surface area contributed by atoms with Gasteiger partial charge in [-0.3, -0.25) is 19.7 Å². The number of rotatable bonds is 8. The smallest absolute Gasteiger partial charge is 0.408 e. The Morgan fingerprint density at radius 2 is 1.61 bits per heavy atom. The molecule has 0 saturated carbocycles. The number of nitro groups is 1. The molecular formula is C20H17FN2O10. The number of carbonyl (C=O) groups excluding carboxylic acids is 3. The van der Waals surface area contributed by atoms with Gasteiger partial charge in [0.15, 0.2) is 17.5 Å². The number of aliphatic carboxylic acids is 1. The normalized spacial score (nSPS) is 11.1. The maximum atomic E-state index is 14.6. The van der Waals surface area contributed by atoms with Gasteiger partial charge < -0.3 is 24.6 Å². The minimum absolute atomic E-state index is 0.176. The van der Waals surface area contributed by atoms with Crippen LogP contribution < -0.4 is 14.8 Å². The van der Waals surface area contributed by atoms with Crippen molar-refractivity contribution in [1.82, 2.24) is 5.32 Å². The van der Waals surface area contributed by atoms with Gasteiger partial charge in [0.25, 0.3) is 5.69 Å². The lowest BCUT2D eigenvalue weighted by Crippen LogP contribution is -2.34. The predicted molar refractivity (Wildman–Crippen MR) is 106 cm³/mol. The third-order valence-electron chi connectivity index (χ3n) is 3.91. The average Bonchev–Trinajstić information content (AvgIpc) is 2.72. The third-order valence-corrected chi connectivity index (χ3v) is 3.91. The van der Waals surface area contributed by atoms with Crippen molar-refractivity contribution in [2.45, 2.75) is 26.5 Å². The molecule has 0 aromatic heterocycles. The maximum absolute atomic E-state index is 14.6. The van der Waals surface area contributed by atoms with Gasteiger partial charge in [-0.05, 0) is 23.8 Å². The molecule has 2 N–H and O–H groups in total. The number of nitrogens with one attached hydrogen (secondary N) is 1. The fraction of sp³-hybridized carbons (Fsp3) is 0.200. The molecule has 0 spiro atoms. The van der Waals surface area contributed by atoms with Gasteiger partial charge in [-0.15, -0.1) is 0 Å². The molecule has 0 radical (unpaired) electrons. The second kappa shape index (κ2) is 10.7. The van der Waals surface area contributed by atoms with Gasteiger partial charge in [0.1, 0.15) is 12.4 Å². The van der Waals surface area contributed by atoms with Crippen LogP contribution in [0.5, 0.6) is 11.5 Å². The lowest BCUT2D eigenvalue weighted by molar-refractivity contribution is -0.384. The van der Waals surface area contributed by atoms with Crippen LogP contribution in [0.15, 0.2) is 36.4 Å². The van der Waals surface area contributed by atoms with Crippen molar-refractivity contribution >= 4 is 29.7 Å². The number of nitro benzene ring substituents is 1. The summed E-state index contributed by atoms with van der Waals surface area (Å²) in [6.07, 6.45) is -1.24. The van der Waals surface area contributed by atoms with Crippen molar-refractivity contribution in [2.75, 3.05) is 0 Å². The molecule has 174 valence electrons. The molecule has 1 unspecified atom stereocenters. The minimum Gasteiger partial charge on any atom is -0.479 e. The molecule has 0 saturated heterocycles. The maximum Gasteiger partial charge on any atom is 0.408 e. The first-order valence-corrected chi connectivity index (χ1v) is 9.07. The first kappa shape index (κ1) is 24.7. The van der Waals surface area contributed by atoms with Gasteiger partial charge in [-0.25, -0.2) is 14.0 Å². The SMILES string of the molecule is CC(=O)Oc1cc(F)c(C(NC(=O)OCc2ccc([N+](=O)[O-])cc2)C(=O)O)cc1OC(C)=O. The Labute approximate surface area is 185 Å². The number of carboxylic acid groups (broad SMARTS) is 1. The molecule has 1 atom stereocenters. The zero-order valence-corrected chi connectivity index (χ0v) is 17.2. The van der Waals surface area contributed by atoms with Gasteiger partial charge in [0.05, 0.1) is 4.92 Å². The van der Waals surface area contributed by atoms with Gasteiger partial charge in [0.2, 0.25) is 0 Å². The van der Waals surface area contributed by atoms with E-state index in [1.54, 1.807) is 0 Å². The van der Waals surface area contributed by atoms with Crippen molar-refractivity contribution < 1.29 is 47.8 Å². The molecule has 12 nitrogen and oxygen atoms in total. The predicted octanol–water partition coefficient (Wildman–Crippen LogP) is 2.64. The van der Waals surface area contributed by atoms with Crippen LogP contribution in [0.3, 0.4) is 0 Å². The molecule has 33 heavy (non-hydrogen) atoms. The zero-order valence-electron chi connectivity index (χ0n) is 17.2. The van der Waals surface area contributed by atoms with E-state index in [9.17, 15) is 38.8 Å². The first-order chi connectivity index (χ1) is 15.5. The van der Waals surface area contributed by atoms with E-state index in [4.69, 9.17) is 14.2 Å². The Balaban J connectivity index is 2.21. The lowest BCUT2D eigenvalue weighted by atomic mass is 10.1. The van der Waals surface area contributed by atoms with E-state index in [1.165, 1.54) is 24.3 Å². The molecule has 0 aliphatic rings. The van der Waals surface area contributed by atoms with Crippen LogP contribution in [0.25, 0.3) is 0 Å². The summed E-state index contributed by atoms with van der Waals surface area (Å²) >= 11 is 0. The molecule has 2 rings (SSSR count). The van der Waals surface area contributed by atoms with E-state index in [-0.39, 0.29) is 12.3 Å². The van der Waals surface area contributed by atoms with Crippen molar-refractivity contribution in [3.8, 4) is 11.5 Å². The number of nitrogens with zero attached hydrogens (tertiary/aromatic N) is 1. The topological polar surface area (TPSA) is 171 Å². The fourth-order valence-corrected chi connectivity index (χ4v) is 2.54. The summed E-state index contributed by atoms with van der Waals surface area (Å²) < 4.78 is 29.1. The Morgan fingerprint density at radius 1 is 1.06 bits per heavy atom. The molecule has 2 aromatic rings. The summed E-state index contributed by atoms with van der Waals surface area (Å²) in [7, 11) is 0. The number of carbonyl (C=O) groups is 4. The highest BCUT2D eigenvalue weighted by molar-refractivity contribution is 5.82. The number of carboxylic acids is 1. The van der Waals surface area contributed by atoms with Crippen LogP contribution in [0.1, 0.15) is 31.0 Å². The Kier molecular flexibility index (Phi) is 7.98. The van der Waals surface area contributed by atoms with Gasteiger partial charge in [0, 0.05) is 37.6 Å². The number of esters is 2. The molecule has 0 aliphatic heterocycles. The van der Waals surface area contributed by atoms with Crippen LogP contribution in [0.4, 0.5) is 14.9 Å². The van der Waals surface area contributed by atoms with Crippen molar-refractivity contribution in [3.05, 3.63) is 63.5 Å². The number of amides is 1.